The highest BCUT2D eigenvalue weighted by Gasteiger charge is 2.52. The Hall–Kier alpha value is -0.950. The van der Waals surface area contributed by atoms with Gasteiger partial charge in [-0.1, -0.05) is 6.07 Å². The van der Waals surface area contributed by atoms with Gasteiger partial charge < -0.3 is 19.8 Å². The monoisotopic (exact) mass is 325 g/mol. The lowest BCUT2D eigenvalue weighted by Gasteiger charge is -2.51. The van der Waals surface area contributed by atoms with E-state index in [1.165, 1.54) is 0 Å². The Morgan fingerprint density at radius 1 is 1.45 bits per heavy atom. The first-order valence-corrected chi connectivity index (χ1v) is 8.65. The molecule has 3 rings (SSSR count). The first-order chi connectivity index (χ1) is 10.4. The van der Waals surface area contributed by atoms with Gasteiger partial charge in [-0.3, -0.25) is 4.79 Å². The fourth-order valence-corrected chi connectivity index (χ4v) is 4.17. The summed E-state index contributed by atoms with van der Waals surface area (Å²) in [6, 6.07) is 3.92. The van der Waals surface area contributed by atoms with E-state index in [9.17, 15) is 15.0 Å². The second kappa shape index (κ2) is 5.92. The van der Waals surface area contributed by atoms with Crippen LogP contribution in [0.3, 0.4) is 0 Å². The molecule has 2 saturated heterocycles. The molecular formula is C16H23NO4S. The van der Waals surface area contributed by atoms with Crippen molar-refractivity contribution in [2.45, 2.75) is 49.9 Å². The van der Waals surface area contributed by atoms with Crippen LogP contribution in [-0.4, -0.2) is 58.0 Å². The molecule has 1 aromatic heterocycles. The van der Waals surface area contributed by atoms with Crippen LogP contribution in [0.5, 0.6) is 0 Å². The number of amides is 1. The second-order valence-electron chi connectivity index (χ2n) is 6.56. The van der Waals surface area contributed by atoms with Crippen molar-refractivity contribution in [2.75, 3.05) is 19.7 Å². The van der Waals surface area contributed by atoms with Gasteiger partial charge >= 0.3 is 0 Å². The number of hydrogen-bond acceptors (Lipinski definition) is 5. The number of piperidine rings is 1. The van der Waals surface area contributed by atoms with Gasteiger partial charge in [0.05, 0.1) is 18.6 Å². The molecule has 22 heavy (non-hydrogen) atoms. The fraction of sp³-hybridized carbons (Fsp3) is 0.688. The molecule has 2 aliphatic heterocycles. The molecule has 1 spiro atoms. The molecule has 1 aromatic rings. The van der Waals surface area contributed by atoms with E-state index in [2.05, 4.69) is 0 Å². The van der Waals surface area contributed by atoms with E-state index in [0.29, 0.717) is 45.4 Å². The molecule has 1 amide bonds. The quantitative estimate of drug-likeness (QED) is 0.857. The van der Waals surface area contributed by atoms with E-state index in [0.717, 1.165) is 4.88 Å². The van der Waals surface area contributed by atoms with Gasteiger partial charge in [0.15, 0.2) is 0 Å². The minimum atomic E-state index is -1.11. The van der Waals surface area contributed by atoms with Gasteiger partial charge in [0.2, 0.25) is 5.91 Å². The minimum Gasteiger partial charge on any atom is -0.387 e. The van der Waals surface area contributed by atoms with E-state index in [1.807, 2.05) is 22.4 Å². The van der Waals surface area contributed by atoms with Crippen molar-refractivity contribution in [1.82, 2.24) is 4.90 Å². The summed E-state index contributed by atoms with van der Waals surface area (Å²) < 4.78 is 5.84. The molecule has 122 valence electrons. The lowest BCUT2D eigenvalue weighted by Crippen LogP contribution is -2.64. The summed E-state index contributed by atoms with van der Waals surface area (Å²) in [5, 5.41) is 22.7. The van der Waals surface area contributed by atoms with E-state index in [-0.39, 0.29) is 5.91 Å². The van der Waals surface area contributed by atoms with Crippen molar-refractivity contribution in [3.05, 3.63) is 22.4 Å². The Kier molecular flexibility index (Phi) is 4.29. The predicted molar refractivity (Wildman–Crippen MR) is 83.8 cm³/mol. The van der Waals surface area contributed by atoms with Gasteiger partial charge in [-0.2, -0.15) is 0 Å². The Morgan fingerprint density at radius 2 is 2.18 bits per heavy atom. The van der Waals surface area contributed by atoms with Gasteiger partial charge in [-0.25, -0.2) is 0 Å². The first kappa shape index (κ1) is 15.9. The van der Waals surface area contributed by atoms with Crippen molar-refractivity contribution in [2.24, 2.45) is 0 Å². The van der Waals surface area contributed by atoms with Crippen molar-refractivity contribution in [3.8, 4) is 0 Å². The van der Waals surface area contributed by atoms with Crippen LogP contribution in [-0.2, 0) is 16.0 Å². The maximum Gasteiger partial charge on any atom is 0.227 e. The summed E-state index contributed by atoms with van der Waals surface area (Å²) in [7, 11) is 0. The molecule has 6 heteroatoms. The summed E-state index contributed by atoms with van der Waals surface area (Å²) in [6.45, 7) is 3.25. The second-order valence-corrected chi connectivity index (χ2v) is 7.59. The van der Waals surface area contributed by atoms with E-state index < -0.39 is 17.3 Å². The summed E-state index contributed by atoms with van der Waals surface area (Å²) in [4.78, 5) is 15.2. The SMILES string of the molecule is C[C@@]1(O)CCOC2(CCN(C(=O)Cc3cccs3)CC2)[C@H]1O. The molecular weight excluding hydrogens is 302 g/mol. The highest BCUT2D eigenvalue weighted by molar-refractivity contribution is 7.10. The molecule has 0 unspecified atom stereocenters. The number of likely N-dealkylation sites (tertiary alicyclic amines) is 1. The molecule has 2 N–H and O–H groups in total. The van der Waals surface area contributed by atoms with Crippen molar-refractivity contribution < 1.29 is 19.7 Å². The zero-order valence-corrected chi connectivity index (χ0v) is 13.6. The van der Waals surface area contributed by atoms with Crippen LogP contribution in [0.4, 0.5) is 0 Å². The smallest absolute Gasteiger partial charge is 0.227 e. The third-order valence-electron chi connectivity index (χ3n) is 4.95. The maximum atomic E-state index is 12.3. The number of aliphatic hydroxyl groups is 2. The highest BCUT2D eigenvalue weighted by atomic mass is 32.1. The molecule has 3 heterocycles. The van der Waals surface area contributed by atoms with Crippen LogP contribution in [0.25, 0.3) is 0 Å². The Bertz CT molecular complexity index is 520. The number of carbonyl (C=O) groups excluding carboxylic acids is 1. The molecule has 0 bridgehead atoms. The average Bonchev–Trinajstić information content (AvgIpc) is 2.98. The zero-order valence-electron chi connectivity index (χ0n) is 12.8. The lowest BCUT2D eigenvalue weighted by molar-refractivity contribution is -0.245. The summed E-state index contributed by atoms with van der Waals surface area (Å²) in [5.74, 6) is 0.120. The molecule has 5 nitrogen and oxygen atoms in total. The van der Waals surface area contributed by atoms with Gasteiger partial charge in [-0.05, 0) is 31.2 Å². The summed E-state index contributed by atoms with van der Waals surface area (Å²) >= 11 is 1.59. The lowest BCUT2D eigenvalue weighted by atomic mass is 9.75. The van der Waals surface area contributed by atoms with Gasteiger partial charge in [0, 0.05) is 24.4 Å². The van der Waals surface area contributed by atoms with Crippen molar-refractivity contribution >= 4 is 17.2 Å². The van der Waals surface area contributed by atoms with Gasteiger partial charge in [-0.15, -0.1) is 11.3 Å². The summed E-state index contributed by atoms with van der Waals surface area (Å²) in [6.07, 6.45) is 1.12. The third-order valence-corrected chi connectivity index (χ3v) is 5.83. The van der Waals surface area contributed by atoms with Gasteiger partial charge in [0.25, 0.3) is 0 Å². The van der Waals surface area contributed by atoms with Crippen LogP contribution >= 0.6 is 11.3 Å². The Balaban J connectivity index is 1.61. The van der Waals surface area contributed by atoms with E-state index in [1.54, 1.807) is 18.3 Å². The molecule has 2 atom stereocenters. The third kappa shape index (κ3) is 2.93. The van der Waals surface area contributed by atoms with E-state index >= 15 is 0 Å². The number of ether oxygens (including phenoxy) is 1. The average molecular weight is 325 g/mol. The van der Waals surface area contributed by atoms with Crippen LogP contribution < -0.4 is 0 Å². The van der Waals surface area contributed by atoms with Crippen LogP contribution in [0.15, 0.2) is 17.5 Å². The van der Waals surface area contributed by atoms with Crippen LogP contribution in [0, 0.1) is 0 Å². The first-order valence-electron chi connectivity index (χ1n) is 7.78. The predicted octanol–water partition coefficient (Wildman–Crippen LogP) is 1.18. The topological polar surface area (TPSA) is 70.0 Å². The molecule has 0 aliphatic carbocycles. The molecule has 2 aliphatic rings. The largest absolute Gasteiger partial charge is 0.387 e. The minimum absolute atomic E-state index is 0.120. The highest BCUT2D eigenvalue weighted by Crippen LogP contribution is 2.39. The number of rotatable bonds is 2. The van der Waals surface area contributed by atoms with Crippen LogP contribution in [0.1, 0.15) is 31.1 Å². The Morgan fingerprint density at radius 3 is 2.82 bits per heavy atom. The zero-order chi connectivity index (χ0) is 15.8. The number of hydrogen-bond donors (Lipinski definition) is 2. The fourth-order valence-electron chi connectivity index (χ4n) is 3.47. The molecule has 0 saturated carbocycles. The Labute approximate surface area is 134 Å². The number of nitrogens with zero attached hydrogens (tertiary/aromatic N) is 1. The number of aliphatic hydroxyl groups excluding tert-OH is 1. The standard InChI is InChI=1S/C16H23NO4S/c1-15(20)6-9-21-16(14(15)19)4-7-17(8-5-16)13(18)11-12-3-2-10-22-12/h2-3,10,14,19-20H,4-9,11H2,1H3/t14-,15+/m0/s1. The normalized spacial score (nSPS) is 31.4. The van der Waals surface area contributed by atoms with Crippen molar-refractivity contribution in [1.29, 1.82) is 0 Å². The summed E-state index contributed by atoms with van der Waals surface area (Å²) in [5.41, 5.74) is -1.82. The van der Waals surface area contributed by atoms with Gasteiger partial charge in [0.1, 0.15) is 11.7 Å². The molecule has 2 fully saturated rings. The van der Waals surface area contributed by atoms with Crippen LogP contribution in [0.2, 0.25) is 0 Å². The molecule has 0 aromatic carbocycles. The molecule has 0 radical (unpaired) electrons. The number of carbonyl (C=O) groups is 1. The van der Waals surface area contributed by atoms with E-state index in [4.69, 9.17) is 4.74 Å². The van der Waals surface area contributed by atoms with Crippen molar-refractivity contribution in [3.63, 3.8) is 0 Å². The maximum absolute atomic E-state index is 12.3. The number of thiophene rings is 1.